The standard InChI is InChI=1S/C22H25NO4S/c1-15(18-8-7-16-5-3-4-6-19(16)13-18)23-21(24)14-27-22(25)17-9-11-20(12-10-17)28(2)26/h7-13,15H,3-6,14H2,1-2H3,(H,23,24). The van der Waals surface area contributed by atoms with E-state index < -0.39 is 16.8 Å². The number of amides is 1. The zero-order valence-corrected chi connectivity index (χ0v) is 17.0. The molecule has 2 aromatic rings. The lowest BCUT2D eigenvalue weighted by molar-refractivity contribution is -0.124. The fourth-order valence-corrected chi connectivity index (χ4v) is 3.91. The van der Waals surface area contributed by atoms with Crippen LogP contribution in [0.3, 0.4) is 0 Å². The molecule has 5 nitrogen and oxygen atoms in total. The molecule has 0 radical (unpaired) electrons. The van der Waals surface area contributed by atoms with Gasteiger partial charge in [0.15, 0.2) is 6.61 Å². The molecular weight excluding hydrogens is 374 g/mol. The second kappa shape index (κ2) is 9.15. The van der Waals surface area contributed by atoms with E-state index in [0.717, 1.165) is 18.4 Å². The van der Waals surface area contributed by atoms with Crippen LogP contribution >= 0.6 is 0 Å². The lowest BCUT2D eigenvalue weighted by Crippen LogP contribution is -2.31. The highest BCUT2D eigenvalue weighted by atomic mass is 32.2. The Labute approximate surface area is 167 Å². The van der Waals surface area contributed by atoms with Crippen LogP contribution in [0.25, 0.3) is 0 Å². The van der Waals surface area contributed by atoms with Gasteiger partial charge in [0.1, 0.15) is 0 Å². The van der Waals surface area contributed by atoms with Crippen molar-refractivity contribution in [3.63, 3.8) is 0 Å². The molecular formula is C22H25NO4S. The van der Waals surface area contributed by atoms with Gasteiger partial charge < -0.3 is 10.1 Å². The summed E-state index contributed by atoms with van der Waals surface area (Å²) in [5, 5.41) is 2.88. The van der Waals surface area contributed by atoms with Crippen molar-refractivity contribution in [2.24, 2.45) is 0 Å². The van der Waals surface area contributed by atoms with Gasteiger partial charge >= 0.3 is 5.97 Å². The molecule has 0 saturated carbocycles. The van der Waals surface area contributed by atoms with Crippen LogP contribution in [-0.4, -0.2) is 28.9 Å². The van der Waals surface area contributed by atoms with Crippen molar-refractivity contribution in [3.05, 3.63) is 64.7 Å². The summed E-state index contributed by atoms with van der Waals surface area (Å²) in [6, 6.07) is 12.6. The minimum Gasteiger partial charge on any atom is -0.452 e. The van der Waals surface area contributed by atoms with Crippen LogP contribution in [0.2, 0.25) is 0 Å². The van der Waals surface area contributed by atoms with Crippen molar-refractivity contribution < 1.29 is 18.5 Å². The molecule has 0 aromatic heterocycles. The molecule has 1 aliphatic rings. The average molecular weight is 400 g/mol. The fourth-order valence-electron chi connectivity index (χ4n) is 3.39. The topological polar surface area (TPSA) is 72.5 Å². The first-order valence-electron chi connectivity index (χ1n) is 9.45. The highest BCUT2D eigenvalue weighted by molar-refractivity contribution is 7.84. The fraction of sp³-hybridized carbons (Fsp3) is 0.364. The summed E-state index contributed by atoms with van der Waals surface area (Å²) in [5.74, 6) is -0.921. The number of esters is 1. The Hall–Kier alpha value is -2.47. The Morgan fingerprint density at radius 2 is 1.75 bits per heavy atom. The molecule has 1 N–H and O–H groups in total. The van der Waals surface area contributed by atoms with Crippen LogP contribution in [0.5, 0.6) is 0 Å². The largest absolute Gasteiger partial charge is 0.452 e. The van der Waals surface area contributed by atoms with Crippen molar-refractivity contribution in [1.82, 2.24) is 5.32 Å². The van der Waals surface area contributed by atoms with E-state index in [4.69, 9.17) is 4.74 Å². The maximum Gasteiger partial charge on any atom is 0.338 e. The van der Waals surface area contributed by atoms with Crippen molar-refractivity contribution in [3.8, 4) is 0 Å². The van der Waals surface area contributed by atoms with Gasteiger partial charge in [0.2, 0.25) is 0 Å². The molecule has 1 amide bonds. The number of aryl methyl sites for hydroxylation is 2. The van der Waals surface area contributed by atoms with Crippen LogP contribution in [-0.2, 0) is 33.2 Å². The molecule has 0 fully saturated rings. The molecule has 3 rings (SSSR count). The summed E-state index contributed by atoms with van der Waals surface area (Å²) in [4.78, 5) is 24.9. The summed E-state index contributed by atoms with van der Waals surface area (Å²) in [5.41, 5.74) is 4.15. The summed E-state index contributed by atoms with van der Waals surface area (Å²) >= 11 is 0. The van der Waals surface area contributed by atoms with E-state index >= 15 is 0 Å². The first-order valence-corrected chi connectivity index (χ1v) is 11.0. The van der Waals surface area contributed by atoms with Crippen molar-refractivity contribution in [2.45, 2.75) is 43.5 Å². The molecule has 1 aliphatic carbocycles. The Balaban J connectivity index is 1.52. The zero-order valence-electron chi connectivity index (χ0n) is 16.2. The number of fused-ring (bicyclic) bond motifs is 1. The normalized spacial score (nSPS) is 15.2. The molecule has 0 heterocycles. The predicted octanol–water partition coefficient (Wildman–Crippen LogP) is 3.34. The average Bonchev–Trinajstić information content (AvgIpc) is 2.71. The van der Waals surface area contributed by atoms with Gasteiger partial charge in [-0.05, 0) is 73.6 Å². The molecule has 148 valence electrons. The molecule has 0 spiro atoms. The van der Waals surface area contributed by atoms with E-state index in [1.807, 2.05) is 6.92 Å². The second-order valence-corrected chi connectivity index (χ2v) is 8.46. The third kappa shape index (κ3) is 5.07. The Bertz CT molecular complexity index is 892. The van der Waals surface area contributed by atoms with Gasteiger partial charge in [-0.3, -0.25) is 9.00 Å². The summed E-state index contributed by atoms with van der Waals surface area (Å²) in [7, 11) is -1.10. The molecule has 2 aromatic carbocycles. The molecule has 0 saturated heterocycles. The highest BCUT2D eigenvalue weighted by Gasteiger charge is 2.16. The minimum absolute atomic E-state index is 0.155. The van der Waals surface area contributed by atoms with Gasteiger partial charge in [-0.15, -0.1) is 0 Å². The van der Waals surface area contributed by atoms with E-state index in [9.17, 15) is 13.8 Å². The van der Waals surface area contributed by atoms with E-state index in [2.05, 4.69) is 23.5 Å². The number of nitrogens with one attached hydrogen (secondary N) is 1. The van der Waals surface area contributed by atoms with Gasteiger partial charge in [-0.2, -0.15) is 0 Å². The van der Waals surface area contributed by atoms with Gasteiger partial charge in [-0.25, -0.2) is 4.79 Å². The third-order valence-electron chi connectivity index (χ3n) is 5.01. The van der Waals surface area contributed by atoms with Crippen LogP contribution in [0.1, 0.15) is 52.9 Å². The number of ether oxygens (including phenoxy) is 1. The third-order valence-corrected chi connectivity index (χ3v) is 5.94. The monoisotopic (exact) mass is 399 g/mol. The van der Waals surface area contributed by atoms with Crippen LogP contribution in [0, 0.1) is 0 Å². The lowest BCUT2D eigenvalue weighted by atomic mass is 9.89. The van der Waals surface area contributed by atoms with Crippen LogP contribution < -0.4 is 5.32 Å². The molecule has 0 bridgehead atoms. The SMILES string of the molecule is CC(NC(=O)COC(=O)c1ccc(S(C)=O)cc1)c1ccc2c(c1)CCCC2. The van der Waals surface area contributed by atoms with Gasteiger partial charge in [0, 0.05) is 22.0 Å². The smallest absolute Gasteiger partial charge is 0.338 e. The zero-order chi connectivity index (χ0) is 20.1. The molecule has 2 unspecified atom stereocenters. The lowest BCUT2D eigenvalue weighted by Gasteiger charge is -2.20. The van der Waals surface area contributed by atoms with Crippen molar-refractivity contribution >= 4 is 22.7 Å². The number of carbonyl (C=O) groups excluding carboxylic acids is 2. The number of carbonyl (C=O) groups is 2. The van der Waals surface area contributed by atoms with Crippen LogP contribution in [0.15, 0.2) is 47.4 Å². The maximum absolute atomic E-state index is 12.2. The number of rotatable bonds is 6. The summed E-state index contributed by atoms with van der Waals surface area (Å²) < 4.78 is 16.5. The quantitative estimate of drug-likeness (QED) is 0.756. The van der Waals surface area contributed by atoms with Gasteiger partial charge in [-0.1, -0.05) is 18.2 Å². The van der Waals surface area contributed by atoms with Crippen LogP contribution in [0.4, 0.5) is 0 Å². The molecule has 2 atom stereocenters. The van der Waals surface area contributed by atoms with Crippen molar-refractivity contribution in [2.75, 3.05) is 12.9 Å². The van der Waals surface area contributed by atoms with E-state index in [1.165, 1.54) is 24.0 Å². The Kier molecular flexibility index (Phi) is 6.62. The summed E-state index contributed by atoms with van der Waals surface area (Å²) in [6.45, 7) is 1.59. The van der Waals surface area contributed by atoms with Gasteiger partial charge in [0.05, 0.1) is 11.6 Å². The number of benzene rings is 2. The maximum atomic E-state index is 12.2. The minimum atomic E-state index is -1.10. The first-order chi connectivity index (χ1) is 13.4. The second-order valence-electron chi connectivity index (χ2n) is 7.08. The van der Waals surface area contributed by atoms with Crippen molar-refractivity contribution in [1.29, 1.82) is 0 Å². The predicted molar refractivity (Wildman–Crippen MR) is 109 cm³/mol. The van der Waals surface area contributed by atoms with E-state index in [0.29, 0.717) is 10.5 Å². The highest BCUT2D eigenvalue weighted by Crippen LogP contribution is 2.24. The van der Waals surface area contributed by atoms with E-state index in [1.54, 1.807) is 30.5 Å². The first kappa shape index (κ1) is 20.3. The molecule has 6 heteroatoms. The number of hydrogen-bond acceptors (Lipinski definition) is 4. The molecule has 28 heavy (non-hydrogen) atoms. The molecule has 0 aliphatic heterocycles. The van der Waals surface area contributed by atoms with Gasteiger partial charge in [0.25, 0.3) is 5.91 Å². The van der Waals surface area contributed by atoms with E-state index in [-0.39, 0.29) is 18.6 Å². The summed E-state index contributed by atoms with van der Waals surface area (Å²) in [6.07, 6.45) is 6.24. The number of hydrogen-bond donors (Lipinski definition) is 1. The Morgan fingerprint density at radius 1 is 1.07 bits per heavy atom. The Morgan fingerprint density at radius 3 is 2.43 bits per heavy atom.